The van der Waals surface area contributed by atoms with Crippen molar-refractivity contribution in [1.29, 1.82) is 0 Å². The molecule has 0 atom stereocenters. The topological polar surface area (TPSA) is 71.2 Å². The minimum Gasteiger partial charge on any atom is -0.353 e. The van der Waals surface area contributed by atoms with Gasteiger partial charge in [0.2, 0.25) is 5.89 Å². The number of hydrogen-bond donors (Lipinski definition) is 0. The largest absolute Gasteiger partial charge is 0.353 e. The number of fused-ring (bicyclic) bond motifs is 1. The van der Waals surface area contributed by atoms with Gasteiger partial charge in [0.1, 0.15) is 5.82 Å². The zero-order chi connectivity index (χ0) is 18.9. The SMILES string of the molecule is Cc1nc(CN2CCN(c3nc(-c4ccsc4)nc4ccccc34)CC2)no1. The van der Waals surface area contributed by atoms with Crippen molar-refractivity contribution >= 4 is 28.1 Å². The van der Waals surface area contributed by atoms with Crippen molar-refractivity contribution in [3.63, 3.8) is 0 Å². The van der Waals surface area contributed by atoms with E-state index in [-0.39, 0.29) is 0 Å². The van der Waals surface area contributed by atoms with E-state index < -0.39 is 0 Å². The molecule has 4 heterocycles. The molecule has 0 amide bonds. The Morgan fingerprint density at radius 3 is 2.64 bits per heavy atom. The molecule has 28 heavy (non-hydrogen) atoms. The van der Waals surface area contributed by atoms with E-state index in [4.69, 9.17) is 14.5 Å². The molecule has 8 heteroatoms. The predicted molar refractivity (Wildman–Crippen MR) is 109 cm³/mol. The van der Waals surface area contributed by atoms with Gasteiger partial charge in [0.05, 0.1) is 12.1 Å². The van der Waals surface area contributed by atoms with Crippen molar-refractivity contribution in [2.75, 3.05) is 31.1 Å². The van der Waals surface area contributed by atoms with Crippen LogP contribution < -0.4 is 4.90 Å². The molecule has 0 unspecified atom stereocenters. The van der Waals surface area contributed by atoms with Gasteiger partial charge in [-0.2, -0.15) is 16.3 Å². The van der Waals surface area contributed by atoms with Gasteiger partial charge in [-0.05, 0) is 23.6 Å². The number of nitrogens with zero attached hydrogens (tertiary/aromatic N) is 6. The Bertz CT molecular complexity index is 1090. The summed E-state index contributed by atoms with van der Waals surface area (Å²) in [6.45, 7) is 6.21. The summed E-state index contributed by atoms with van der Waals surface area (Å²) in [5, 5.41) is 9.27. The third-order valence-electron chi connectivity index (χ3n) is 4.97. The van der Waals surface area contributed by atoms with E-state index in [9.17, 15) is 0 Å². The summed E-state index contributed by atoms with van der Waals surface area (Å²) < 4.78 is 5.08. The van der Waals surface area contributed by atoms with E-state index in [1.54, 1.807) is 11.3 Å². The van der Waals surface area contributed by atoms with Gasteiger partial charge in [-0.25, -0.2) is 9.97 Å². The lowest BCUT2D eigenvalue weighted by molar-refractivity contribution is 0.239. The minimum atomic E-state index is 0.613. The van der Waals surface area contributed by atoms with Gasteiger partial charge < -0.3 is 9.42 Å². The lowest BCUT2D eigenvalue weighted by Crippen LogP contribution is -2.46. The van der Waals surface area contributed by atoms with Crippen LogP contribution in [0, 0.1) is 6.92 Å². The normalized spacial score (nSPS) is 15.4. The fraction of sp³-hybridized carbons (Fsp3) is 0.300. The molecule has 0 radical (unpaired) electrons. The van der Waals surface area contributed by atoms with E-state index in [1.165, 1.54) is 0 Å². The number of para-hydroxylation sites is 1. The summed E-state index contributed by atoms with van der Waals surface area (Å²) in [5.41, 5.74) is 2.06. The molecular weight excluding hydrogens is 372 g/mol. The van der Waals surface area contributed by atoms with Gasteiger partial charge in [-0.15, -0.1) is 0 Å². The molecule has 142 valence electrons. The first-order valence-electron chi connectivity index (χ1n) is 9.32. The lowest BCUT2D eigenvalue weighted by Gasteiger charge is -2.35. The van der Waals surface area contributed by atoms with Crippen molar-refractivity contribution in [3.8, 4) is 11.4 Å². The smallest absolute Gasteiger partial charge is 0.223 e. The molecule has 7 nitrogen and oxygen atoms in total. The highest BCUT2D eigenvalue weighted by Gasteiger charge is 2.22. The molecule has 1 fully saturated rings. The monoisotopic (exact) mass is 392 g/mol. The summed E-state index contributed by atoms with van der Waals surface area (Å²) in [7, 11) is 0. The second-order valence-electron chi connectivity index (χ2n) is 6.89. The van der Waals surface area contributed by atoms with Gasteiger partial charge in [0.15, 0.2) is 11.6 Å². The number of anilines is 1. The minimum absolute atomic E-state index is 0.613. The highest BCUT2D eigenvalue weighted by Crippen LogP contribution is 2.29. The maximum atomic E-state index is 5.08. The van der Waals surface area contributed by atoms with E-state index in [0.29, 0.717) is 5.89 Å². The van der Waals surface area contributed by atoms with Gasteiger partial charge >= 0.3 is 0 Å². The number of benzene rings is 1. The van der Waals surface area contributed by atoms with E-state index in [2.05, 4.69) is 48.9 Å². The Labute approximate surface area is 166 Å². The Hall–Kier alpha value is -2.84. The van der Waals surface area contributed by atoms with Crippen LogP contribution in [0.1, 0.15) is 11.7 Å². The Morgan fingerprint density at radius 1 is 1.04 bits per heavy atom. The van der Waals surface area contributed by atoms with Crippen LogP contribution >= 0.6 is 11.3 Å². The maximum Gasteiger partial charge on any atom is 0.223 e. The van der Waals surface area contributed by atoms with Crippen molar-refractivity contribution in [2.24, 2.45) is 0 Å². The lowest BCUT2D eigenvalue weighted by atomic mass is 10.2. The Balaban J connectivity index is 1.40. The van der Waals surface area contributed by atoms with Gasteiger partial charge in [0.25, 0.3) is 0 Å². The number of aromatic nitrogens is 4. The first kappa shape index (κ1) is 17.3. The molecule has 1 aromatic carbocycles. The number of thiophene rings is 1. The molecule has 0 saturated carbocycles. The summed E-state index contributed by atoms with van der Waals surface area (Å²) in [5.74, 6) is 3.17. The van der Waals surface area contributed by atoms with Gasteiger partial charge in [0, 0.05) is 49.4 Å². The zero-order valence-corrected chi connectivity index (χ0v) is 16.4. The third-order valence-corrected chi connectivity index (χ3v) is 5.65. The summed E-state index contributed by atoms with van der Waals surface area (Å²) in [6.07, 6.45) is 0. The molecule has 5 rings (SSSR count). The molecule has 0 spiro atoms. The third kappa shape index (κ3) is 3.36. The molecule has 0 bridgehead atoms. The van der Waals surface area contributed by atoms with Crippen LogP contribution in [0.3, 0.4) is 0 Å². The second kappa shape index (κ2) is 7.29. The summed E-state index contributed by atoms with van der Waals surface area (Å²) >= 11 is 1.66. The quantitative estimate of drug-likeness (QED) is 0.527. The molecule has 0 N–H and O–H groups in total. The van der Waals surface area contributed by atoms with Crippen LogP contribution in [0.4, 0.5) is 5.82 Å². The second-order valence-corrected chi connectivity index (χ2v) is 7.67. The zero-order valence-electron chi connectivity index (χ0n) is 15.6. The van der Waals surface area contributed by atoms with Crippen LogP contribution in [-0.4, -0.2) is 51.2 Å². The summed E-state index contributed by atoms with van der Waals surface area (Å²) in [4.78, 5) is 18.7. The standard InChI is InChI=1S/C20H20N6OS/c1-14-21-18(24-27-14)12-25-7-9-26(10-8-25)20-16-4-2-3-5-17(16)22-19(23-20)15-6-11-28-13-15/h2-6,11,13H,7-10,12H2,1H3. The summed E-state index contributed by atoms with van der Waals surface area (Å²) in [6, 6.07) is 10.3. The number of aryl methyl sites for hydroxylation is 1. The number of piperazine rings is 1. The average molecular weight is 392 g/mol. The van der Waals surface area contributed by atoms with Crippen molar-refractivity contribution in [3.05, 3.63) is 52.8 Å². The first-order valence-corrected chi connectivity index (χ1v) is 10.3. The highest BCUT2D eigenvalue weighted by molar-refractivity contribution is 7.08. The molecule has 1 saturated heterocycles. The van der Waals surface area contributed by atoms with Crippen LogP contribution in [0.25, 0.3) is 22.3 Å². The maximum absolute atomic E-state index is 5.08. The van der Waals surface area contributed by atoms with Crippen LogP contribution in [0.5, 0.6) is 0 Å². The molecule has 1 aliphatic heterocycles. The molecular formula is C20H20N6OS. The number of rotatable bonds is 4. The van der Waals surface area contributed by atoms with Gasteiger partial charge in [-0.1, -0.05) is 17.3 Å². The highest BCUT2D eigenvalue weighted by atomic mass is 32.1. The molecule has 0 aliphatic carbocycles. The predicted octanol–water partition coefficient (Wildman–Crippen LogP) is 3.37. The van der Waals surface area contributed by atoms with E-state index >= 15 is 0 Å². The number of hydrogen-bond acceptors (Lipinski definition) is 8. The van der Waals surface area contributed by atoms with Crippen molar-refractivity contribution < 1.29 is 4.52 Å². The van der Waals surface area contributed by atoms with Crippen LogP contribution in [-0.2, 0) is 6.54 Å². The van der Waals surface area contributed by atoms with Crippen LogP contribution in [0.2, 0.25) is 0 Å². The van der Waals surface area contributed by atoms with Crippen molar-refractivity contribution in [1.82, 2.24) is 25.0 Å². The average Bonchev–Trinajstić information content (AvgIpc) is 3.40. The molecule has 1 aliphatic rings. The fourth-order valence-electron chi connectivity index (χ4n) is 3.55. The van der Waals surface area contributed by atoms with Gasteiger partial charge in [-0.3, -0.25) is 4.90 Å². The Kier molecular flexibility index (Phi) is 4.50. The van der Waals surface area contributed by atoms with E-state index in [1.807, 2.05) is 19.1 Å². The van der Waals surface area contributed by atoms with Crippen LogP contribution in [0.15, 0.2) is 45.6 Å². The first-order chi connectivity index (χ1) is 13.8. The van der Waals surface area contributed by atoms with E-state index in [0.717, 1.165) is 66.7 Å². The molecule has 4 aromatic rings. The van der Waals surface area contributed by atoms with Crippen molar-refractivity contribution in [2.45, 2.75) is 13.5 Å². The fourth-order valence-corrected chi connectivity index (χ4v) is 4.18. The Morgan fingerprint density at radius 2 is 1.89 bits per heavy atom. The molecule has 3 aromatic heterocycles.